The van der Waals surface area contributed by atoms with Gasteiger partial charge in [0.2, 0.25) is 5.88 Å². The highest BCUT2D eigenvalue weighted by Crippen LogP contribution is 2.22. The van der Waals surface area contributed by atoms with Crippen LogP contribution in [0.4, 0.5) is 0 Å². The molecular formula is C16H13BrN4O4. The predicted octanol–water partition coefficient (Wildman–Crippen LogP) is 1.50. The van der Waals surface area contributed by atoms with Gasteiger partial charge >= 0.3 is 0 Å². The summed E-state index contributed by atoms with van der Waals surface area (Å²) >= 11 is 3.19. The summed E-state index contributed by atoms with van der Waals surface area (Å²) in [5, 5.41) is 32.5. The Bertz CT molecular complexity index is 989. The summed E-state index contributed by atoms with van der Waals surface area (Å²) in [6.45, 7) is 1.49. The number of nitriles is 1. The van der Waals surface area contributed by atoms with Crippen molar-refractivity contribution in [3.05, 3.63) is 55.3 Å². The van der Waals surface area contributed by atoms with Gasteiger partial charge in [-0.3, -0.25) is 14.2 Å². The summed E-state index contributed by atoms with van der Waals surface area (Å²) in [4.78, 5) is 23.9. The molecule has 1 aromatic heterocycles. The second kappa shape index (κ2) is 7.19. The largest absolute Gasteiger partial charge is 0.507 e. The number of nitrogens with one attached hydrogen (secondary N) is 1. The van der Waals surface area contributed by atoms with Gasteiger partial charge in [0.15, 0.2) is 0 Å². The van der Waals surface area contributed by atoms with Crippen LogP contribution in [0.25, 0.3) is 0 Å². The molecule has 0 aliphatic rings. The van der Waals surface area contributed by atoms with Crippen molar-refractivity contribution in [1.82, 2.24) is 9.99 Å². The fourth-order valence-electron chi connectivity index (χ4n) is 2.10. The van der Waals surface area contributed by atoms with E-state index in [1.54, 1.807) is 12.1 Å². The Morgan fingerprint density at radius 1 is 1.44 bits per heavy atom. The molecule has 1 amide bonds. The number of hydrogen-bond donors (Lipinski definition) is 3. The molecule has 128 valence electrons. The van der Waals surface area contributed by atoms with Crippen molar-refractivity contribution in [2.45, 2.75) is 6.92 Å². The van der Waals surface area contributed by atoms with E-state index in [1.807, 2.05) is 0 Å². The lowest BCUT2D eigenvalue weighted by Gasteiger charge is -2.09. The fourth-order valence-corrected chi connectivity index (χ4v) is 2.46. The molecule has 2 rings (SSSR count). The Labute approximate surface area is 150 Å². The van der Waals surface area contributed by atoms with E-state index in [4.69, 9.17) is 5.26 Å². The van der Waals surface area contributed by atoms with Crippen LogP contribution in [-0.2, 0) is 7.05 Å². The zero-order chi connectivity index (χ0) is 18.7. The van der Waals surface area contributed by atoms with E-state index in [9.17, 15) is 19.8 Å². The summed E-state index contributed by atoms with van der Waals surface area (Å²) < 4.78 is 1.51. The average molecular weight is 405 g/mol. The first-order valence-corrected chi connectivity index (χ1v) is 7.71. The molecule has 0 fully saturated rings. The lowest BCUT2D eigenvalue weighted by atomic mass is 10.1. The Kier molecular flexibility index (Phi) is 5.24. The number of pyridine rings is 1. The molecule has 25 heavy (non-hydrogen) atoms. The highest BCUT2D eigenvalue weighted by molar-refractivity contribution is 9.10. The second-order valence-corrected chi connectivity index (χ2v) is 5.99. The van der Waals surface area contributed by atoms with Gasteiger partial charge in [-0.1, -0.05) is 15.9 Å². The van der Waals surface area contributed by atoms with Crippen LogP contribution < -0.4 is 11.0 Å². The number of carbonyl (C=O) groups is 1. The lowest BCUT2D eigenvalue weighted by molar-refractivity contribution is 0.0952. The van der Waals surface area contributed by atoms with Crippen LogP contribution in [0.1, 0.15) is 27.0 Å². The summed E-state index contributed by atoms with van der Waals surface area (Å²) in [5.74, 6) is -1.27. The number of aromatic nitrogens is 1. The van der Waals surface area contributed by atoms with Crippen molar-refractivity contribution < 1.29 is 15.0 Å². The number of carbonyl (C=O) groups excluding carboxylic acids is 1. The monoisotopic (exact) mass is 404 g/mol. The first-order chi connectivity index (χ1) is 11.8. The smallest absolute Gasteiger partial charge is 0.275 e. The molecule has 9 heteroatoms. The molecule has 2 aromatic rings. The summed E-state index contributed by atoms with van der Waals surface area (Å²) in [6.07, 6.45) is 1.12. The molecule has 0 aliphatic heterocycles. The predicted molar refractivity (Wildman–Crippen MR) is 93.7 cm³/mol. The van der Waals surface area contributed by atoms with E-state index < -0.39 is 11.5 Å². The third-order valence-corrected chi connectivity index (χ3v) is 4.02. The lowest BCUT2D eigenvalue weighted by Crippen LogP contribution is -2.23. The molecule has 1 heterocycles. The SMILES string of the molecule is Cc1c(C=NNC(=O)c2cc(Br)ccc2O)c(O)n(C)c(=O)c1C#N. The molecule has 0 atom stereocenters. The molecule has 0 aliphatic carbocycles. The minimum Gasteiger partial charge on any atom is -0.507 e. The molecule has 0 bridgehead atoms. The van der Waals surface area contributed by atoms with Gasteiger partial charge < -0.3 is 10.2 Å². The topological polar surface area (TPSA) is 128 Å². The number of aromatic hydroxyl groups is 2. The normalized spacial score (nSPS) is 10.6. The maximum absolute atomic E-state index is 12.0. The number of amides is 1. The van der Waals surface area contributed by atoms with E-state index in [-0.39, 0.29) is 33.9 Å². The molecule has 0 saturated heterocycles. The molecule has 3 N–H and O–H groups in total. The van der Waals surface area contributed by atoms with Crippen LogP contribution in [0, 0.1) is 18.3 Å². The van der Waals surface area contributed by atoms with Crippen LogP contribution in [0.15, 0.2) is 32.6 Å². The molecule has 1 aromatic carbocycles. The summed E-state index contributed by atoms with van der Waals surface area (Å²) in [6, 6.07) is 6.12. The van der Waals surface area contributed by atoms with Crippen LogP contribution in [0.3, 0.4) is 0 Å². The number of halogens is 1. The third-order valence-electron chi connectivity index (χ3n) is 3.53. The van der Waals surface area contributed by atoms with Gasteiger partial charge in [-0.15, -0.1) is 0 Å². The molecular weight excluding hydrogens is 392 g/mol. The van der Waals surface area contributed by atoms with Crippen LogP contribution >= 0.6 is 15.9 Å². The van der Waals surface area contributed by atoms with Gasteiger partial charge in [-0.25, -0.2) is 5.43 Å². The zero-order valence-corrected chi connectivity index (χ0v) is 14.8. The molecule has 0 radical (unpaired) electrons. The molecule has 8 nitrogen and oxygen atoms in total. The minimum atomic E-state index is -0.669. The van der Waals surface area contributed by atoms with E-state index in [0.29, 0.717) is 4.47 Å². The van der Waals surface area contributed by atoms with Crippen molar-refractivity contribution in [2.24, 2.45) is 12.1 Å². The maximum atomic E-state index is 12.0. The Morgan fingerprint density at radius 2 is 2.12 bits per heavy atom. The molecule has 0 saturated carbocycles. The standard InChI is InChI=1S/C16H13BrN4O4/c1-8-11(6-18)15(24)21(2)16(25)12(8)7-19-20-14(23)10-5-9(17)3-4-13(10)22/h3-5,7,22,25H,1-2H3,(H,20,23). The number of hydrazone groups is 1. The van der Waals surface area contributed by atoms with Gasteiger partial charge in [-0.2, -0.15) is 10.4 Å². The van der Waals surface area contributed by atoms with Gasteiger partial charge in [0.1, 0.15) is 17.4 Å². The second-order valence-electron chi connectivity index (χ2n) is 5.07. The average Bonchev–Trinajstić information content (AvgIpc) is 2.58. The van der Waals surface area contributed by atoms with E-state index >= 15 is 0 Å². The van der Waals surface area contributed by atoms with Crippen molar-refractivity contribution in [2.75, 3.05) is 0 Å². The van der Waals surface area contributed by atoms with Gasteiger partial charge in [-0.05, 0) is 30.7 Å². The fraction of sp³-hybridized carbons (Fsp3) is 0.125. The van der Waals surface area contributed by atoms with Crippen molar-refractivity contribution >= 4 is 28.1 Å². The Hall–Kier alpha value is -3.12. The van der Waals surface area contributed by atoms with Crippen molar-refractivity contribution in [3.8, 4) is 17.7 Å². The third kappa shape index (κ3) is 3.54. The van der Waals surface area contributed by atoms with Crippen molar-refractivity contribution in [1.29, 1.82) is 5.26 Å². The van der Waals surface area contributed by atoms with Gasteiger partial charge in [0.25, 0.3) is 11.5 Å². The highest BCUT2D eigenvalue weighted by atomic mass is 79.9. The van der Waals surface area contributed by atoms with E-state index in [0.717, 1.165) is 10.8 Å². The van der Waals surface area contributed by atoms with Crippen LogP contribution in [0.5, 0.6) is 11.6 Å². The van der Waals surface area contributed by atoms with Gasteiger partial charge in [0.05, 0.1) is 17.3 Å². The summed E-state index contributed by atoms with van der Waals surface area (Å²) in [5.41, 5.74) is 1.83. The minimum absolute atomic E-state index is 0.00523. The quantitative estimate of drug-likeness (QED) is 0.527. The Balaban J connectivity index is 2.33. The van der Waals surface area contributed by atoms with E-state index in [1.165, 1.54) is 26.1 Å². The molecule has 0 unspecified atom stereocenters. The number of hydrogen-bond acceptors (Lipinski definition) is 6. The number of phenols is 1. The maximum Gasteiger partial charge on any atom is 0.275 e. The number of benzene rings is 1. The highest BCUT2D eigenvalue weighted by Gasteiger charge is 2.16. The van der Waals surface area contributed by atoms with E-state index in [2.05, 4.69) is 26.5 Å². The Morgan fingerprint density at radius 3 is 2.76 bits per heavy atom. The number of phenolic OH excluding ortho intramolecular Hbond substituents is 1. The summed E-state index contributed by atoms with van der Waals surface area (Å²) in [7, 11) is 1.31. The zero-order valence-electron chi connectivity index (χ0n) is 13.2. The first kappa shape index (κ1) is 18.2. The molecule has 0 spiro atoms. The number of rotatable bonds is 3. The van der Waals surface area contributed by atoms with Gasteiger partial charge in [0, 0.05) is 11.5 Å². The van der Waals surface area contributed by atoms with Crippen molar-refractivity contribution in [3.63, 3.8) is 0 Å². The first-order valence-electron chi connectivity index (χ1n) is 6.92. The van der Waals surface area contributed by atoms with Crippen LogP contribution in [-0.4, -0.2) is 26.9 Å². The number of nitrogens with zero attached hydrogens (tertiary/aromatic N) is 3. The van der Waals surface area contributed by atoms with Crippen LogP contribution in [0.2, 0.25) is 0 Å².